The highest BCUT2D eigenvalue weighted by Crippen LogP contribution is 2.26. The topological polar surface area (TPSA) is 52.0 Å². The van der Waals surface area contributed by atoms with Crippen LogP contribution in [0.25, 0.3) is 0 Å². The smallest absolute Gasteiger partial charge is 0.138 e. The van der Waals surface area contributed by atoms with Gasteiger partial charge in [0, 0.05) is 10.0 Å². The molecule has 3 aromatic rings. The molecule has 3 rings (SSSR count). The van der Waals surface area contributed by atoms with E-state index in [0.717, 1.165) is 21.3 Å². The predicted molar refractivity (Wildman–Crippen MR) is 98.0 cm³/mol. The number of halogens is 3. The molecular weight excluding hydrogens is 415 g/mol. The molecule has 0 aliphatic carbocycles. The Kier molecular flexibility index (Phi) is 5.60. The Morgan fingerprint density at radius 3 is 2.58 bits per heavy atom. The van der Waals surface area contributed by atoms with Crippen molar-refractivity contribution in [1.82, 2.24) is 14.9 Å². The van der Waals surface area contributed by atoms with E-state index in [2.05, 4.69) is 31.6 Å². The fourth-order valence-electron chi connectivity index (χ4n) is 2.08. The molecule has 0 saturated heterocycles. The molecule has 0 unspecified atom stereocenters. The van der Waals surface area contributed by atoms with Gasteiger partial charge in [0.05, 0.1) is 16.6 Å². The third-order valence-electron chi connectivity index (χ3n) is 3.27. The van der Waals surface area contributed by atoms with E-state index in [9.17, 15) is 0 Å². The molecule has 1 heterocycles. The van der Waals surface area contributed by atoms with Crippen molar-refractivity contribution in [3.05, 3.63) is 74.7 Å². The summed E-state index contributed by atoms with van der Waals surface area (Å²) < 4.78 is 8.60. The van der Waals surface area contributed by atoms with Crippen LogP contribution < -0.4 is 10.2 Å². The molecule has 0 fully saturated rings. The molecule has 5 nitrogen and oxygen atoms in total. The van der Waals surface area contributed by atoms with Crippen molar-refractivity contribution in [1.29, 1.82) is 0 Å². The summed E-state index contributed by atoms with van der Waals surface area (Å²) in [5.74, 6) is 0.782. The standard InChI is InChI=1S/C16H13BrCl2N4O/c17-13-2-4-16(12(6-13)7-22-23-9-20-21-10-23)24-8-11-1-3-14(18)15(19)5-11/h1-6,9-10,22H,7-8H2. The van der Waals surface area contributed by atoms with Gasteiger partial charge in [-0.15, -0.1) is 10.2 Å². The largest absolute Gasteiger partial charge is 0.489 e. The minimum absolute atomic E-state index is 0.401. The number of hydrogen-bond acceptors (Lipinski definition) is 4. The molecule has 0 bridgehead atoms. The van der Waals surface area contributed by atoms with Crippen molar-refractivity contribution in [3.63, 3.8) is 0 Å². The average Bonchev–Trinajstić information content (AvgIpc) is 3.08. The highest BCUT2D eigenvalue weighted by Gasteiger charge is 2.07. The second kappa shape index (κ2) is 7.88. The fraction of sp³-hybridized carbons (Fsp3) is 0.125. The summed E-state index contributed by atoms with van der Waals surface area (Å²) in [6.45, 7) is 0.965. The van der Waals surface area contributed by atoms with Crippen LogP contribution in [-0.2, 0) is 13.2 Å². The lowest BCUT2D eigenvalue weighted by Gasteiger charge is -2.14. The van der Waals surface area contributed by atoms with Gasteiger partial charge in [-0.05, 0) is 35.9 Å². The summed E-state index contributed by atoms with van der Waals surface area (Å²) in [7, 11) is 0. The van der Waals surface area contributed by atoms with Gasteiger partial charge in [0.15, 0.2) is 0 Å². The number of rotatable bonds is 6. The molecule has 0 saturated carbocycles. The Labute approximate surface area is 157 Å². The van der Waals surface area contributed by atoms with E-state index in [0.29, 0.717) is 23.2 Å². The second-order valence-electron chi connectivity index (χ2n) is 4.99. The maximum Gasteiger partial charge on any atom is 0.138 e. The van der Waals surface area contributed by atoms with E-state index >= 15 is 0 Å². The number of nitrogens with one attached hydrogen (secondary N) is 1. The molecule has 1 aromatic heterocycles. The molecular formula is C16H13BrCl2N4O. The lowest BCUT2D eigenvalue weighted by Crippen LogP contribution is -2.13. The third-order valence-corrected chi connectivity index (χ3v) is 4.50. The van der Waals surface area contributed by atoms with Gasteiger partial charge in [0.1, 0.15) is 25.0 Å². The first-order valence-electron chi connectivity index (χ1n) is 7.05. The monoisotopic (exact) mass is 426 g/mol. The van der Waals surface area contributed by atoms with Gasteiger partial charge < -0.3 is 10.2 Å². The van der Waals surface area contributed by atoms with E-state index in [1.165, 1.54) is 0 Å². The molecule has 124 valence electrons. The summed E-state index contributed by atoms with van der Waals surface area (Å²) in [6, 6.07) is 11.3. The average molecular weight is 428 g/mol. The Hall–Kier alpha value is -1.76. The van der Waals surface area contributed by atoms with Crippen LogP contribution in [0.1, 0.15) is 11.1 Å². The Morgan fingerprint density at radius 2 is 1.83 bits per heavy atom. The maximum atomic E-state index is 6.04. The van der Waals surface area contributed by atoms with E-state index in [-0.39, 0.29) is 0 Å². The summed E-state index contributed by atoms with van der Waals surface area (Å²) in [6.07, 6.45) is 3.18. The minimum Gasteiger partial charge on any atom is -0.489 e. The van der Waals surface area contributed by atoms with Crippen LogP contribution in [0.2, 0.25) is 10.0 Å². The molecule has 0 spiro atoms. The Balaban J connectivity index is 1.71. The van der Waals surface area contributed by atoms with Crippen molar-refractivity contribution < 1.29 is 4.74 Å². The van der Waals surface area contributed by atoms with E-state index < -0.39 is 0 Å². The molecule has 24 heavy (non-hydrogen) atoms. The summed E-state index contributed by atoms with van der Waals surface area (Å²) in [5, 5.41) is 8.55. The molecule has 2 aromatic carbocycles. The number of benzene rings is 2. The Morgan fingerprint density at radius 1 is 1.04 bits per heavy atom. The maximum absolute atomic E-state index is 6.04. The lowest BCUT2D eigenvalue weighted by atomic mass is 10.2. The molecule has 0 radical (unpaired) electrons. The van der Waals surface area contributed by atoms with Gasteiger partial charge in [0.25, 0.3) is 0 Å². The van der Waals surface area contributed by atoms with E-state index in [1.807, 2.05) is 24.3 Å². The first kappa shape index (κ1) is 17.1. The number of aromatic nitrogens is 3. The molecule has 0 atom stereocenters. The number of hydrogen-bond donors (Lipinski definition) is 1. The fourth-order valence-corrected chi connectivity index (χ4v) is 2.81. The van der Waals surface area contributed by atoms with Gasteiger partial charge in [0.2, 0.25) is 0 Å². The van der Waals surface area contributed by atoms with Gasteiger partial charge in [-0.3, -0.25) is 0 Å². The van der Waals surface area contributed by atoms with Crippen molar-refractivity contribution in [3.8, 4) is 5.75 Å². The van der Waals surface area contributed by atoms with Crippen LogP contribution in [0, 0.1) is 0 Å². The predicted octanol–water partition coefficient (Wildman–Crippen LogP) is 4.67. The van der Waals surface area contributed by atoms with Crippen LogP contribution in [0.4, 0.5) is 0 Å². The number of nitrogens with zero attached hydrogens (tertiary/aromatic N) is 3. The first-order chi connectivity index (χ1) is 11.6. The highest BCUT2D eigenvalue weighted by atomic mass is 79.9. The molecule has 0 amide bonds. The normalized spacial score (nSPS) is 10.6. The van der Waals surface area contributed by atoms with Gasteiger partial charge in [-0.25, -0.2) is 4.68 Å². The van der Waals surface area contributed by atoms with E-state index in [4.69, 9.17) is 27.9 Å². The summed E-state index contributed by atoms with van der Waals surface area (Å²) in [4.78, 5) is 0. The summed E-state index contributed by atoms with van der Waals surface area (Å²) in [5.41, 5.74) is 5.12. The van der Waals surface area contributed by atoms with Crippen LogP contribution in [0.5, 0.6) is 5.75 Å². The van der Waals surface area contributed by atoms with Gasteiger partial charge >= 0.3 is 0 Å². The zero-order valence-corrected chi connectivity index (χ0v) is 15.5. The van der Waals surface area contributed by atoms with Crippen molar-refractivity contribution >= 4 is 39.1 Å². The quantitative estimate of drug-likeness (QED) is 0.620. The van der Waals surface area contributed by atoms with Crippen LogP contribution in [0.3, 0.4) is 0 Å². The SMILES string of the molecule is Clc1ccc(COc2ccc(Br)cc2CNn2cnnc2)cc1Cl. The first-order valence-corrected chi connectivity index (χ1v) is 8.60. The highest BCUT2D eigenvalue weighted by molar-refractivity contribution is 9.10. The lowest BCUT2D eigenvalue weighted by molar-refractivity contribution is 0.303. The van der Waals surface area contributed by atoms with Gasteiger partial charge in [-0.2, -0.15) is 0 Å². The zero-order valence-electron chi connectivity index (χ0n) is 12.4. The van der Waals surface area contributed by atoms with Crippen molar-refractivity contribution in [2.75, 3.05) is 5.43 Å². The molecule has 0 aliphatic rings. The number of ether oxygens (including phenoxy) is 1. The van der Waals surface area contributed by atoms with Crippen molar-refractivity contribution in [2.45, 2.75) is 13.2 Å². The van der Waals surface area contributed by atoms with Crippen LogP contribution >= 0.6 is 39.1 Å². The Bertz CT molecular complexity index is 827. The second-order valence-corrected chi connectivity index (χ2v) is 6.72. The summed E-state index contributed by atoms with van der Waals surface area (Å²) >= 11 is 15.4. The molecule has 0 aliphatic heterocycles. The van der Waals surface area contributed by atoms with Crippen LogP contribution in [0.15, 0.2) is 53.5 Å². The molecule has 8 heteroatoms. The zero-order chi connectivity index (χ0) is 16.9. The molecule has 1 N–H and O–H groups in total. The van der Waals surface area contributed by atoms with Crippen LogP contribution in [-0.4, -0.2) is 14.9 Å². The minimum atomic E-state index is 0.401. The van der Waals surface area contributed by atoms with Crippen molar-refractivity contribution in [2.24, 2.45) is 0 Å². The van der Waals surface area contributed by atoms with Gasteiger partial charge in [-0.1, -0.05) is 45.2 Å². The van der Waals surface area contributed by atoms with E-state index in [1.54, 1.807) is 29.5 Å². The third kappa shape index (κ3) is 4.41.